The zero-order valence-corrected chi connectivity index (χ0v) is 14.1. The third-order valence-corrected chi connectivity index (χ3v) is 5.42. The van der Waals surface area contributed by atoms with Crippen LogP contribution in [-0.2, 0) is 11.3 Å². The van der Waals surface area contributed by atoms with Gasteiger partial charge in [-0.25, -0.2) is 15.0 Å². The van der Waals surface area contributed by atoms with E-state index in [-0.39, 0.29) is 11.8 Å². The normalized spacial score (nSPS) is 23.7. The van der Waals surface area contributed by atoms with Crippen LogP contribution in [0.4, 0.5) is 5.95 Å². The van der Waals surface area contributed by atoms with Crippen molar-refractivity contribution in [2.24, 2.45) is 11.8 Å². The number of carbonyl (C=O) groups excluding carboxylic acids is 1. The standard InChI is InChI=1S/C16H19N5OS/c1-10-3-17-16(18-4-10)21-6-12-5-20(15(22)14(12)8-21)7-13-9-23-11(2)19-13/h3-4,9,12,14H,5-8H2,1-2H3/t12-,14+/m0/s1. The molecule has 2 aliphatic rings. The minimum absolute atomic E-state index is 0.0691. The number of nitrogens with zero attached hydrogens (tertiary/aromatic N) is 5. The van der Waals surface area contributed by atoms with Crippen molar-refractivity contribution >= 4 is 23.2 Å². The largest absolute Gasteiger partial charge is 0.340 e. The lowest BCUT2D eigenvalue weighted by Crippen LogP contribution is -2.33. The van der Waals surface area contributed by atoms with Gasteiger partial charge in [-0.1, -0.05) is 0 Å². The molecule has 0 N–H and O–H groups in total. The van der Waals surface area contributed by atoms with E-state index in [1.54, 1.807) is 11.3 Å². The number of hydrogen-bond donors (Lipinski definition) is 0. The summed E-state index contributed by atoms with van der Waals surface area (Å²) in [5.41, 5.74) is 2.05. The zero-order chi connectivity index (χ0) is 16.0. The number of likely N-dealkylation sites (tertiary alicyclic amines) is 1. The fourth-order valence-electron chi connectivity index (χ4n) is 3.47. The quantitative estimate of drug-likeness (QED) is 0.857. The van der Waals surface area contributed by atoms with E-state index in [0.29, 0.717) is 12.5 Å². The first-order valence-electron chi connectivity index (χ1n) is 7.83. The Labute approximate surface area is 139 Å². The van der Waals surface area contributed by atoms with Gasteiger partial charge in [0.05, 0.1) is 23.2 Å². The van der Waals surface area contributed by atoms with Crippen molar-refractivity contribution in [1.29, 1.82) is 0 Å². The van der Waals surface area contributed by atoms with E-state index in [1.165, 1.54) is 0 Å². The number of aromatic nitrogens is 3. The van der Waals surface area contributed by atoms with Gasteiger partial charge in [-0.2, -0.15) is 0 Å². The summed E-state index contributed by atoms with van der Waals surface area (Å²) in [6.45, 7) is 6.99. The molecule has 2 atom stereocenters. The van der Waals surface area contributed by atoms with Crippen molar-refractivity contribution in [3.63, 3.8) is 0 Å². The SMILES string of the molecule is Cc1cnc(N2C[C@@H]3CN(Cc4csc(C)n4)C(=O)[C@@H]3C2)nc1. The fraction of sp³-hybridized carbons (Fsp3) is 0.500. The van der Waals surface area contributed by atoms with Gasteiger partial charge in [0.25, 0.3) is 0 Å². The highest BCUT2D eigenvalue weighted by Crippen LogP contribution is 2.34. The lowest BCUT2D eigenvalue weighted by atomic mass is 10.0. The molecule has 0 aromatic carbocycles. The molecule has 4 heterocycles. The molecule has 1 amide bonds. The van der Waals surface area contributed by atoms with Crippen molar-refractivity contribution in [1.82, 2.24) is 19.9 Å². The summed E-state index contributed by atoms with van der Waals surface area (Å²) >= 11 is 1.64. The third kappa shape index (κ3) is 2.69. The van der Waals surface area contributed by atoms with Gasteiger partial charge < -0.3 is 9.80 Å². The second kappa shape index (κ2) is 5.56. The Morgan fingerprint density at radius 3 is 2.65 bits per heavy atom. The van der Waals surface area contributed by atoms with E-state index in [2.05, 4.69) is 19.9 Å². The van der Waals surface area contributed by atoms with Crippen LogP contribution >= 0.6 is 11.3 Å². The van der Waals surface area contributed by atoms with Crippen molar-refractivity contribution in [3.05, 3.63) is 34.0 Å². The van der Waals surface area contributed by atoms with Gasteiger partial charge in [-0.3, -0.25) is 4.79 Å². The highest BCUT2D eigenvalue weighted by Gasteiger charge is 2.46. The van der Waals surface area contributed by atoms with E-state index in [4.69, 9.17) is 0 Å². The highest BCUT2D eigenvalue weighted by atomic mass is 32.1. The Morgan fingerprint density at radius 1 is 1.22 bits per heavy atom. The van der Waals surface area contributed by atoms with Crippen LogP contribution < -0.4 is 4.90 Å². The van der Waals surface area contributed by atoms with Crippen LogP contribution in [0, 0.1) is 25.7 Å². The molecule has 0 saturated carbocycles. The van der Waals surface area contributed by atoms with Crippen LogP contribution in [0.25, 0.3) is 0 Å². The Hall–Kier alpha value is -2.02. The molecular weight excluding hydrogens is 310 g/mol. The number of fused-ring (bicyclic) bond motifs is 1. The van der Waals surface area contributed by atoms with E-state index in [0.717, 1.165) is 41.8 Å². The second-order valence-corrected chi connectivity index (χ2v) is 7.47. The van der Waals surface area contributed by atoms with Crippen LogP contribution in [0.2, 0.25) is 0 Å². The molecule has 0 aliphatic carbocycles. The summed E-state index contributed by atoms with van der Waals surface area (Å²) < 4.78 is 0. The molecule has 6 nitrogen and oxygen atoms in total. The van der Waals surface area contributed by atoms with Gasteiger partial charge in [0.1, 0.15) is 0 Å². The van der Waals surface area contributed by atoms with E-state index in [1.807, 2.05) is 36.5 Å². The monoisotopic (exact) mass is 329 g/mol. The molecule has 2 saturated heterocycles. The number of aryl methyl sites for hydroxylation is 2. The van der Waals surface area contributed by atoms with Gasteiger partial charge in [0.15, 0.2) is 0 Å². The molecule has 0 spiro atoms. The van der Waals surface area contributed by atoms with Crippen LogP contribution in [0.1, 0.15) is 16.3 Å². The van der Waals surface area contributed by atoms with Gasteiger partial charge in [-0.15, -0.1) is 11.3 Å². The van der Waals surface area contributed by atoms with Crippen molar-refractivity contribution in [2.75, 3.05) is 24.5 Å². The summed E-state index contributed by atoms with van der Waals surface area (Å²) in [6, 6.07) is 0. The fourth-order valence-corrected chi connectivity index (χ4v) is 4.08. The van der Waals surface area contributed by atoms with Gasteiger partial charge in [0, 0.05) is 43.3 Å². The summed E-state index contributed by atoms with van der Waals surface area (Å²) in [7, 11) is 0. The molecule has 4 rings (SSSR count). The Morgan fingerprint density at radius 2 is 2.00 bits per heavy atom. The average molecular weight is 329 g/mol. The smallest absolute Gasteiger partial charge is 0.228 e. The lowest BCUT2D eigenvalue weighted by molar-refractivity contribution is -0.131. The molecular formula is C16H19N5OS. The molecule has 0 radical (unpaired) electrons. The topological polar surface area (TPSA) is 62.2 Å². The predicted octanol–water partition coefficient (Wildman–Crippen LogP) is 1.64. The third-order valence-electron chi connectivity index (χ3n) is 4.59. The minimum Gasteiger partial charge on any atom is -0.340 e. The molecule has 2 fully saturated rings. The first-order chi connectivity index (χ1) is 11.1. The number of thiazole rings is 1. The number of carbonyl (C=O) groups is 1. The summed E-state index contributed by atoms with van der Waals surface area (Å²) in [5, 5.41) is 3.10. The molecule has 2 aliphatic heterocycles. The first-order valence-corrected chi connectivity index (χ1v) is 8.71. The first kappa shape index (κ1) is 14.6. The Balaban J connectivity index is 1.43. The summed E-state index contributed by atoms with van der Waals surface area (Å²) in [4.78, 5) is 30.0. The highest BCUT2D eigenvalue weighted by molar-refractivity contribution is 7.09. The maximum absolute atomic E-state index is 12.7. The van der Waals surface area contributed by atoms with Crippen LogP contribution in [0.15, 0.2) is 17.8 Å². The van der Waals surface area contributed by atoms with E-state index >= 15 is 0 Å². The van der Waals surface area contributed by atoms with Gasteiger partial charge in [0.2, 0.25) is 11.9 Å². The Bertz CT molecular complexity index is 728. The number of amides is 1. The van der Waals surface area contributed by atoms with Crippen molar-refractivity contribution in [2.45, 2.75) is 20.4 Å². The summed E-state index contributed by atoms with van der Waals surface area (Å²) in [5.74, 6) is 1.42. The Kier molecular flexibility index (Phi) is 3.52. The van der Waals surface area contributed by atoms with Crippen molar-refractivity contribution in [3.8, 4) is 0 Å². The van der Waals surface area contributed by atoms with Crippen molar-refractivity contribution < 1.29 is 4.79 Å². The average Bonchev–Trinajstić information content (AvgIpc) is 3.19. The number of hydrogen-bond acceptors (Lipinski definition) is 6. The minimum atomic E-state index is 0.0691. The molecule has 2 aromatic heterocycles. The van der Waals surface area contributed by atoms with Gasteiger partial charge in [-0.05, 0) is 19.4 Å². The maximum atomic E-state index is 12.7. The molecule has 0 bridgehead atoms. The van der Waals surface area contributed by atoms with Gasteiger partial charge >= 0.3 is 0 Å². The van der Waals surface area contributed by atoms with E-state index in [9.17, 15) is 4.79 Å². The molecule has 23 heavy (non-hydrogen) atoms. The molecule has 0 unspecified atom stereocenters. The predicted molar refractivity (Wildman–Crippen MR) is 88.2 cm³/mol. The molecule has 7 heteroatoms. The summed E-state index contributed by atoms with van der Waals surface area (Å²) in [6.07, 6.45) is 3.66. The second-order valence-electron chi connectivity index (χ2n) is 6.41. The number of rotatable bonds is 3. The maximum Gasteiger partial charge on any atom is 0.228 e. The molecule has 2 aromatic rings. The lowest BCUT2D eigenvalue weighted by Gasteiger charge is -2.21. The number of anilines is 1. The van der Waals surface area contributed by atoms with Crippen LogP contribution in [0.3, 0.4) is 0 Å². The van der Waals surface area contributed by atoms with Crippen LogP contribution in [0.5, 0.6) is 0 Å². The zero-order valence-electron chi connectivity index (χ0n) is 13.3. The van der Waals surface area contributed by atoms with Crippen LogP contribution in [-0.4, -0.2) is 45.4 Å². The molecule has 120 valence electrons. The van der Waals surface area contributed by atoms with E-state index < -0.39 is 0 Å².